The quantitative estimate of drug-likeness (QED) is 0.621. The fourth-order valence-electron chi connectivity index (χ4n) is 2.81. The molecular weight excluding hydrogens is 302 g/mol. The van der Waals surface area contributed by atoms with E-state index in [9.17, 15) is 9.90 Å². The number of carbonyl (C=O) groups is 1. The largest absolute Gasteiger partial charge is 0.507 e. The third-order valence-electron chi connectivity index (χ3n) is 4.17. The fourth-order valence-corrected chi connectivity index (χ4v) is 2.81. The van der Waals surface area contributed by atoms with E-state index in [1.807, 2.05) is 6.07 Å². The van der Waals surface area contributed by atoms with Crippen LogP contribution < -0.4 is 15.8 Å². The van der Waals surface area contributed by atoms with E-state index >= 15 is 0 Å². The fraction of sp³-hybridized carbons (Fsp3) is 0.211. The lowest BCUT2D eigenvalue weighted by Gasteiger charge is -2.24. The average molecular weight is 324 g/mol. The van der Waals surface area contributed by atoms with Crippen molar-refractivity contribution < 1.29 is 14.8 Å². The number of para-hydroxylation sites is 1. The molecule has 1 amide bonds. The first-order valence-corrected chi connectivity index (χ1v) is 8.13. The summed E-state index contributed by atoms with van der Waals surface area (Å²) >= 11 is 0. The Morgan fingerprint density at radius 3 is 2.54 bits per heavy atom. The van der Waals surface area contributed by atoms with E-state index in [2.05, 4.69) is 41.2 Å². The van der Waals surface area contributed by atoms with E-state index < -0.39 is 0 Å². The first kappa shape index (κ1) is 16.1. The summed E-state index contributed by atoms with van der Waals surface area (Å²) in [5.41, 5.74) is 8.23. The van der Waals surface area contributed by atoms with Crippen LogP contribution in [-0.2, 0) is 6.54 Å². The number of hydrogen-bond donors (Lipinski definition) is 4. The maximum Gasteiger partial charge on any atom is 0.273 e. The number of hydrogen-bond acceptors (Lipinski definition) is 3. The molecule has 0 radical (unpaired) electrons. The average Bonchev–Trinajstić information content (AvgIpc) is 2.62. The molecule has 0 spiro atoms. The minimum atomic E-state index is -0.340. The number of rotatable bonds is 5. The number of benzene rings is 2. The van der Waals surface area contributed by atoms with Crippen LogP contribution in [0.1, 0.15) is 22.3 Å². The van der Waals surface area contributed by atoms with E-state index in [1.165, 1.54) is 16.5 Å². The van der Waals surface area contributed by atoms with Gasteiger partial charge in [-0.15, -0.1) is 0 Å². The zero-order valence-electron chi connectivity index (χ0n) is 13.5. The molecule has 124 valence electrons. The Kier molecular flexibility index (Phi) is 5.13. The summed E-state index contributed by atoms with van der Waals surface area (Å²) in [5.74, 6) is -0.360. The van der Waals surface area contributed by atoms with Gasteiger partial charge in [-0.05, 0) is 18.2 Å². The second-order valence-electron chi connectivity index (χ2n) is 5.94. The molecule has 0 aromatic heterocycles. The molecule has 4 N–H and O–H groups in total. The van der Waals surface area contributed by atoms with Crippen LogP contribution >= 0.6 is 0 Å². The highest BCUT2D eigenvalue weighted by molar-refractivity contribution is 5.96. The van der Waals surface area contributed by atoms with Gasteiger partial charge in [-0.3, -0.25) is 10.2 Å². The molecule has 1 atom stereocenters. The van der Waals surface area contributed by atoms with Gasteiger partial charge in [-0.25, -0.2) is 0 Å². The van der Waals surface area contributed by atoms with Crippen molar-refractivity contribution in [2.75, 3.05) is 13.1 Å². The van der Waals surface area contributed by atoms with Crippen molar-refractivity contribution in [2.24, 2.45) is 0 Å². The molecule has 0 bridgehead atoms. The number of hydrazine groups is 1. The lowest BCUT2D eigenvalue weighted by molar-refractivity contribution is -0.909. The molecule has 24 heavy (non-hydrogen) atoms. The highest BCUT2D eigenvalue weighted by Crippen LogP contribution is 2.14. The standard InChI is InChI=1S/C19H21N3O2/c23-18-9-5-4-8-17(18)19(24)21-20-16-10-12-22(13-11-16)14-15-6-2-1-3-7-15/h1-10,20,23H,11-14H2,(H,21,24)/p+1. The number of phenols is 1. The highest BCUT2D eigenvalue weighted by atomic mass is 16.3. The van der Waals surface area contributed by atoms with Crippen LogP contribution in [-0.4, -0.2) is 24.1 Å². The summed E-state index contributed by atoms with van der Waals surface area (Å²) in [6.07, 6.45) is 3.00. The molecule has 0 saturated heterocycles. The van der Waals surface area contributed by atoms with Gasteiger partial charge in [0.2, 0.25) is 0 Å². The van der Waals surface area contributed by atoms with Gasteiger partial charge in [0.05, 0.1) is 18.7 Å². The Bertz CT molecular complexity index is 728. The first-order chi connectivity index (χ1) is 11.7. The molecule has 3 rings (SSSR count). The highest BCUT2D eigenvalue weighted by Gasteiger charge is 2.16. The molecule has 2 aromatic rings. The lowest BCUT2D eigenvalue weighted by Crippen LogP contribution is -3.11. The van der Waals surface area contributed by atoms with Gasteiger partial charge in [-0.2, -0.15) is 0 Å². The van der Waals surface area contributed by atoms with Gasteiger partial charge in [0.25, 0.3) is 5.91 Å². The molecular formula is C19H22N3O2+. The van der Waals surface area contributed by atoms with Crippen LogP contribution in [0.2, 0.25) is 0 Å². The molecule has 0 fully saturated rings. The summed E-state index contributed by atoms with van der Waals surface area (Å²) in [7, 11) is 0. The third-order valence-corrected chi connectivity index (χ3v) is 4.17. The van der Waals surface area contributed by atoms with Gasteiger partial charge in [0, 0.05) is 17.7 Å². The molecule has 0 saturated carbocycles. The van der Waals surface area contributed by atoms with Gasteiger partial charge < -0.3 is 15.4 Å². The molecule has 1 unspecified atom stereocenters. The van der Waals surface area contributed by atoms with E-state index in [0.29, 0.717) is 0 Å². The zero-order valence-corrected chi connectivity index (χ0v) is 13.5. The van der Waals surface area contributed by atoms with Crippen molar-refractivity contribution in [1.82, 2.24) is 10.9 Å². The van der Waals surface area contributed by atoms with Crippen LogP contribution in [0.4, 0.5) is 0 Å². The van der Waals surface area contributed by atoms with E-state index in [0.717, 1.165) is 31.8 Å². The van der Waals surface area contributed by atoms with Crippen molar-refractivity contribution in [3.05, 3.63) is 77.5 Å². The predicted molar refractivity (Wildman–Crippen MR) is 92.3 cm³/mol. The van der Waals surface area contributed by atoms with Crippen LogP contribution in [0.15, 0.2) is 66.4 Å². The number of phenolic OH excluding ortho intramolecular Hbond substituents is 1. The number of quaternary nitrogens is 1. The van der Waals surface area contributed by atoms with E-state index in [-0.39, 0.29) is 17.2 Å². The van der Waals surface area contributed by atoms with Crippen LogP contribution in [0.25, 0.3) is 0 Å². The summed E-state index contributed by atoms with van der Waals surface area (Å²) in [6.45, 7) is 2.94. The minimum Gasteiger partial charge on any atom is -0.507 e. The topological polar surface area (TPSA) is 65.8 Å². The second-order valence-corrected chi connectivity index (χ2v) is 5.94. The molecule has 0 aliphatic carbocycles. The smallest absolute Gasteiger partial charge is 0.273 e. The normalized spacial score (nSPS) is 17.0. The Morgan fingerprint density at radius 2 is 1.83 bits per heavy atom. The summed E-state index contributed by atoms with van der Waals surface area (Å²) < 4.78 is 0. The van der Waals surface area contributed by atoms with E-state index in [1.54, 1.807) is 18.2 Å². The van der Waals surface area contributed by atoms with Gasteiger partial charge in [0.1, 0.15) is 12.3 Å². The minimum absolute atomic E-state index is 0.0205. The number of amides is 1. The van der Waals surface area contributed by atoms with Crippen molar-refractivity contribution in [3.63, 3.8) is 0 Å². The maximum absolute atomic E-state index is 12.0. The molecule has 2 aromatic carbocycles. The van der Waals surface area contributed by atoms with Crippen molar-refractivity contribution in [1.29, 1.82) is 0 Å². The van der Waals surface area contributed by atoms with Crippen LogP contribution in [0.5, 0.6) is 5.75 Å². The lowest BCUT2D eigenvalue weighted by atomic mass is 10.1. The van der Waals surface area contributed by atoms with Crippen LogP contribution in [0.3, 0.4) is 0 Å². The Hall–Kier alpha value is -2.79. The Labute approximate surface area is 141 Å². The summed E-state index contributed by atoms with van der Waals surface area (Å²) in [6, 6.07) is 17.0. The Balaban J connectivity index is 1.49. The number of aromatic hydroxyl groups is 1. The van der Waals surface area contributed by atoms with Crippen molar-refractivity contribution >= 4 is 5.91 Å². The molecule has 5 heteroatoms. The SMILES string of the molecule is O=C(NNC1=CC[NH+](Cc2ccccc2)CC1)c1ccccc1O. The van der Waals surface area contributed by atoms with Gasteiger partial charge in [-0.1, -0.05) is 42.5 Å². The zero-order chi connectivity index (χ0) is 16.8. The Morgan fingerprint density at radius 1 is 1.08 bits per heavy atom. The molecule has 1 aliphatic heterocycles. The van der Waals surface area contributed by atoms with E-state index in [4.69, 9.17) is 0 Å². The summed E-state index contributed by atoms with van der Waals surface area (Å²) in [5, 5.41) is 9.69. The third kappa shape index (κ3) is 4.14. The predicted octanol–water partition coefficient (Wildman–Crippen LogP) is 0.999. The molecule has 5 nitrogen and oxygen atoms in total. The number of carbonyl (C=O) groups excluding carboxylic acids is 1. The summed E-state index contributed by atoms with van der Waals surface area (Å²) in [4.78, 5) is 13.5. The van der Waals surface area contributed by atoms with Crippen molar-refractivity contribution in [3.8, 4) is 5.75 Å². The molecule has 1 aliphatic rings. The van der Waals surface area contributed by atoms with Crippen LogP contribution in [0, 0.1) is 0 Å². The monoisotopic (exact) mass is 324 g/mol. The van der Waals surface area contributed by atoms with Gasteiger partial charge >= 0.3 is 0 Å². The first-order valence-electron chi connectivity index (χ1n) is 8.13. The second kappa shape index (κ2) is 7.66. The van der Waals surface area contributed by atoms with Crippen molar-refractivity contribution in [2.45, 2.75) is 13.0 Å². The number of nitrogens with one attached hydrogen (secondary N) is 3. The van der Waals surface area contributed by atoms with Gasteiger partial charge in [0.15, 0.2) is 0 Å². The maximum atomic E-state index is 12.0. The molecule has 1 heterocycles.